The zero-order valence-electron chi connectivity index (χ0n) is 12.5. The van der Waals surface area contributed by atoms with Gasteiger partial charge in [-0.25, -0.2) is 4.98 Å². The zero-order chi connectivity index (χ0) is 14.4. The molecule has 0 amide bonds. The van der Waals surface area contributed by atoms with Crippen molar-refractivity contribution >= 4 is 15.9 Å². The van der Waals surface area contributed by atoms with Crippen molar-refractivity contribution in [2.75, 3.05) is 6.54 Å². The van der Waals surface area contributed by atoms with Gasteiger partial charge in [0.1, 0.15) is 0 Å². The van der Waals surface area contributed by atoms with Gasteiger partial charge in [-0.1, -0.05) is 27.7 Å². The molecule has 1 atom stereocenters. The van der Waals surface area contributed by atoms with Crippen molar-refractivity contribution in [3.8, 4) is 5.88 Å². The van der Waals surface area contributed by atoms with E-state index in [4.69, 9.17) is 4.74 Å². The number of ether oxygens (including phenoxy) is 1. The molecule has 0 radical (unpaired) electrons. The van der Waals surface area contributed by atoms with Gasteiger partial charge in [0.15, 0.2) is 0 Å². The quantitative estimate of drug-likeness (QED) is 0.821. The summed E-state index contributed by atoms with van der Waals surface area (Å²) in [6, 6.07) is 2.07. The number of hydrogen-bond acceptors (Lipinski definition) is 3. The van der Waals surface area contributed by atoms with Crippen LogP contribution in [0.15, 0.2) is 16.7 Å². The Morgan fingerprint density at radius 2 is 1.95 bits per heavy atom. The van der Waals surface area contributed by atoms with E-state index in [1.54, 1.807) is 6.20 Å². The summed E-state index contributed by atoms with van der Waals surface area (Å²) in [6.07, 6.45) is 1.95. The molecule has 0 saturated carbocycles. The lowest BCUT2D eigenvalue weighted by molar-refractivity contribution is 0.161. The van der Waals surface area contributed by atoms with E-state index in [9.17, 15) is 0 Å². The van der Waals surface area contributed by atoms with Crippen molar-refractivity contribution in [1.82, 2.24) is 10.3 Å². The predicted octanol–water partition coefficient (Wildman–Crippen LogP) is 4.01. The van der Waals surface area contributed by atoms with Crippen LogP contribution in [0.3, 0.4) is 0 Å². The van der Waals surface area contributed by atoms with Gasteiger partial charge in [-0.05, 0) is 47.3 Å². The molecule has 1 aromatic rings. The van der Waals surface area contributed by atoms with Crippen LogP contribution in [0.1, 0.15) is 40.2 Å². The van der Waals surface area contributed by atoms with E-state index in [-0.39, 0.29) is 6.10 Å². The largest absolute Gasteiger partial charge is 0.474 e. The zero-order valence-corrected chi connectivity index (χ0v) is 14.1. The summed E-state index contributed by atoms with van der Waals surface area (Å²) >= 11 is 3.47. The fraction of sp³-hybridized carbons (Fsp3) is 0.667. The molecule has 0 spiro atoms. The van der Waals surface area contributed by atoms with Crippen LogP contribution in [0.4, 0.5) is 0 Å². The summed E-state index contributed by atoms with van der Waals surface area (Å²) in [5, 5.41) is 3.43. The van der Waals surface area contributed by atoms with Crippen molar-refractivity contribution in [2.45, 2.75) is 47.3 Å². The lowest BCUT2D eigenvalue weighted by atomic mass is 10.1. The molecule has 0 aliphatic rings. The maximum absolute atomic E-state index is 5.95. The lowest BCUT2D eigenvalue weighted by Gasteiger charge is -2.19. The van der Waals surface area contributed by atoms with Gasteiger partial charge < -0.3 is 10.1 Å². The van der Waals surface area contributed by atoms with Gasteiger partial charge in [-0.15, -0.1) is 0 Å². The molecule has 19 heavy (non-hydrogen) atoms. The molecule has 3 nitrogen and oxygen atoms in total. The third-order valence-corrected chi connectivity index (χ3v) is 3.43. The second-order valence-corrected chi connectivity index (χ2v) is 6.63. The number of rotatable bonds is 7. The third kappa shape index (κ3) is 5.91. The summed E-state index contributed by atoms with van der Waals surface area (Å²) in [5.41, 5.74) is 1.10. The first kappa shape index (κ1) is 16.4. The molecule has 1 N–H and O–H groups in total. The van der Waals surface area contributed by atoms with Gasteiger partial charge >= 0.3 is 0 Å². The summed E-state index contributed by atoms with van der Waals surface area (Å²) < 4.78 is 6.93. The monoisotopic (exact) mass is 328 g/mol. The van der Waals surface area contributed by atoms with Gasteiger partial charge in [0.05, 0.1) is 6.10 Å². The van der Waals surface area contributed by atoms with Crippen LogP contribution in [0.25, 0.3) is 0 Å². The van der Waals surface area contributed by atoms with E-state index in [0.29, 0.717) is 11.8 Å². The molecule has 0 aliphatic carbocycles. The highest BCUT2D eigenvalue weighted by Crippen LogP contribution is 2.22. The van der Waals surface area contributed by atoms with Crippen LogP contribution >= 0.6 is 15.9 Å². The van der Waals surface area contributed by atoms with Crippen LogP contribution < -0.4 is 10.1 Å². The number of pyridine rings is 1. The molecule has 0 aliphatic heterocycles. The fourth-order valence-electron chi connectivity index (χ4n) is 1.51. The Kier molecular flexibility index (Phi) is 6.80. The second-order valence-electron chi connectivity index (χ2n) is 5.71. The van der Waals surface area contributed by atoms with E-state index >= 15 is 0 Å². The van der Waals surface area contributed by atoms with Crippen molar-refractivity contribution in [1.29, 1.82) is 0 Å². The van der Waals surface area contributed by atoms with Crippen LogP contribution in [-0.2, 0) is 6.54 Å². The number of halogens is 1. The van der Waals surface area contributed by atoms with Crippen molar-refractivity contribution in [3.05, 3.63) is 22.3 Å². The minimum Gasteiger partial charge on any atom is -0.474 e. The van der Waals surface area contributed by atoms with Gasteiger partial charge in [-0.3, -0.25) is 0 Å². The van der Waals surface area contributed by atoms with Crippen molar-refractivity contribution < 1.29 is 4.74 Å². The summed E-state index contributed by atoms with van der Waals surface area (Å²) in [7, 11) is 0. The van der Waals surface area contributed by atoms with Gasteiger partial charge in [0.25, 0.3) is 0 Å². The van der Waals surface area contributed by atoms with E-state index in [1.807, 2.05) is 0 Å². The molecule has 0 fully saturated rings. The van der Waals surface area contributed by atoms with E-state index in [1.165, 1.54) is 0 Å². The molecule has 1 unspecified atom stereocenters. The molecule has 1 aromatic heterocycles. The Morgan fingerprint density at radius 3 is 2.53 bits per heavy atom. The van der Waals surface area contributed by atoms with Crippen LogP contribution in [-0.4, -0.2) is 17.6 Å². The van der Waals surface area contributed by atoms with E-state index in [2.05, 4.69) is 66.9 Å². The number of aromatic nitrogens is 1. The summed E-state index contributed by atoms with van der Waals surface area (Å²) in [5.74, 6) is 1.85. The van der Waals surface area contributed by atoms with Crippen LogP contribution in [0, 0.1) is 11.8 Å². The minimum atomic E-state index is 0.164. The van der Waals surface area contributed by atoms with Crippen molar-refractivity contribution in [2.24, 2.45) is 11.8 Å². The molecular weight excluding hydrogens is 304 g/mol. The maximum Gasteiger partial charge on any atom is 0.218 e. The Labute approximate surface area is 125 Å². The van der Waals surface area contributed by atoms with Crippen LogP contribution in [0.2, 0.25) is 0 Å². The first-order valence-electron chi connectivity index (χ1n) is 6.92. The molecular formula is C15H25BrN2O. The Bertz CT molecular complexity index is 394. The smallest absolute Gasteiger partial charge is 0.218 e. The second kappa shape index (κ2) is 7.85. The van der Waals surface area contributed by atoms with Crippen LogP contribution in [0.5, 0.6) is 5.88 Å². The van der Waals surface area contributed by atoms with Crippen molar-refractivity contribution in [3.63, 3.8) is 0 Å². The Morgan fingerprint density at radius 1 is 1.26 bits per heavy atom. The van der Waals surface area contributed by atoms with E-state index in [0.717, 1.165) is 29.0 Å². The average Bonchev–Trinajstić information content (AvgIpc) is 2.31. The summed E-state index contributed by atoms with van der Waals surface area (Å²) in [6.45, 7) is 12.6. The number of nitrogens with one attached hydrogen (secondary N) is 1. The maximum atomic E-state index is 5.95. The molecule has 0 bridgehead atoms. The molecule has 0 aromatic carbocycles. The number of nitrogens with zero attached hydrogens (tertiary/aromatic N) is 1. The predicted molar refractivity (Wildman–Crippen MR) is 83.4 cm³/mol. The van der Waals surface area contributed by atoms with Gasteiger partial charge in [0.2, 0.25) is 5.88 Å². The van der Waals surface area contributed by atoms with E-state index < -0.39 is 0 Å². The first-order valence-corrected chi connectivity index (χ1v) is 7.71. The highest BCUT2D eigenvalue weighted by Gasteiger charge is 2.13. The molecule has 1 rings (SSSR count). The molecule has 108 valence electrons. The first-order chi connectivity index (χ1) is 8.90. The molecule has 0 saturated heterocycles. The topological polar surface area (TPSA) is 34.2 Å². The summed E-state index contributed by atoms with van der Waals surface area (Å²) in [4.78, 5) is 4.39. The SMILES string of the molecule is CC(C)CNCc1cc(Br)cnc1OC(C)C(C)C. The molecule has 4 heteroatoms. The van der Waals surface area contributed by atoms with Gasteiger partial charge in [0, 0.05) is 22.8 Å². The standard InChI is InChI=1S/C15H25BrN2O/c1-10(2)7-17-8-13-6-14(16)9-18-15(13)19-12(5)11(3)4/h6,9-12,17H,7-8H2,1-5H3. The Balaban J connectivity index is 2.73. The average molecular weight is 329 g/mol. The molecule has 1 heterocycles. The van der Waals surface area contributed by atoms with Gasteiger partial charge in [-0.2, -0.15) is 0 Å². The minimum absolute atomic E-state index is 0.164. The Hall–Kier alpha value is -0.610. The third-order valence-electron chi connectivity index (χ3n) is 3.00. The number of hydrogen-bond donors (Lipinski definition) is 1. The fourth-order valence-corrected chi connectivity index (χ4v) is 1.89. The highest BCUT2D eigenvalue weighted by molar-refractivity contribution is 9.10. The normalized spacial score (nSPS) is 13.1. The highest BCUT2D eigenvalue weighted by atomic mass is 79.9. The lowest BCUT2D eigenvalue weighted by Crippen LogP contribution is -2.23.